The Bertz CT molecular complexity index is 801. The molecular weight excluding hydrogens is 365 g/mol. The number of benzene rings is 1. The second-order valence-corrected chi connectivity index (χ2v) is 5.81. The molecule has 1 saturated heterocycles. The summed E-state index contributed by atoms with van der Waals surface area (Å²) in [5, 5.41) is 5.20. The molecule has 0 radical (unpaired) electrons. The fraction of sp³-hybridized carbons (Fsp3) is 0.312. The molecular formula is C16H17ClFN5O3. The van der Waals surface area contributed by atoms with E-state index in [4.69, 9.17) is 21.1 Å². The number of nitrogens with one attached hydrogen (secondary N) is 2. The minimum Gasteiger partial charge on any atom is -0.467 e. The highest BCUT2D eigenvalue weighted by Crippen LogP contribution is 2.26. The number of amides is 2. The molecule has 0 unspecified atom stereocenters. The molecule has 10 heteroatoms. The summed E-state index contributed by atoms with van der Waals surface area (Å²) in [5.74, 6) is -0.0248. The number of anilines is 3. The lowest BCUT2D eigenvalue weighted by atomic mass is 10.3. The summed E-state index contributed by atoms with van der Waals surface area (Å²) in [7, 11) is 1.47. The number of hydrogen-bond donors (Lipinski definition) is 2. The fourth-order valence-electron chi connectivity index (χ4n) is 2.42. The number of aromatic nitrogens is 2. The largest absolute Gasteiger partial charge is 0.467 e. The number of hydrogen-bond acceptors (Lipinski definition) is 6. The number of carbonyl (C=O) groups excluding carboxylic acids is 1. The summed E-state index contributed by atoms with van der Waals surface area (Å²) in [6.45, 7) is 2.38. The molecule has 1 aliphatic heterocycles. The number of methoxy groups -OCH3 is 1. The van der Waals surface area contributed by atoms with Crippen molar-refractivity contribution >= 4 is 34.8 Å². The number of carbonyl (C=O) groups is 1. The van der Waals surface area contributed by atoms with Crippen molar-refractivity contribution in [1.29, 1.82) is 0 Å². The highest BCUT2D eigenvalue weighted by Gasteiger charge is 2.19. The van der Waals surface area contributed by atoms with Crippen LogP contribution in [0.15, 0.2) is 24.4 Å². The van der Waals surface area contributed by atoms with E-state index in [1.807, 2.05) is 4.90 Å². The average molecular weight is 382 g/mol. The van der Waals surface area contributed by atoms with Crippen LogP contribution in [-0.2, 0) is 4.74 Å². The maximum Gasteiger partial charge on any atom is 0.323 e. The van der Waals surface area contributed by atoms with E-state index in [0.29, 0.717) is 43.5 Å². The molecule has 1 aliphatic rings. The van der Waals surface area contributed by atoms with Gasteiger partial charge in [-0.15, -0.1) is 0 Å². The van der Waals surface area contributed by atoms with Crippen molar-refractivity contribution in [3.05, 3.63) is 35.2 Å². The number of ether oxygens (including phenoxy) is 2. The summed E-state index contributed by atoms with van der Waals surface area (Å²) in [4.78, 5) is 22.6. The summed E-state index contributed by atoms with van der Waals surface area (Å²) < 4.78 is 23.6. The highest BCUT2D eigenvalue weighted by atomic mass is 35.5. The number of rotatable bonds is 4. The van der Waals surface area contributed by atoms with E-state index < -0.39 is 11.8 Å². The molecule has 2 N–H and O–H groups in total. The first-order valence-corrected chi connectivity index (χ1v) is 8.21. The van der Waals surface area contributed by atoms with Gasteiger partial charge in [-0.2, -0.15) is 4.98 Å². The molecule has 26 heavy (non-hydrogen) atoms. The van der Waals surface area contributed by atoms with Gasteiger partial charge in [0.2, 0.25) is 0 Å². The van der Waals surface area contributed by atoms with Crippen molar-refractivity contribution < 1.29 is 18.7 Å². The molecule has 1 fully saturated rings. The number of urea groups is 1. The van der Waals surface area contributed by atoms with E-state index in [1.54, 1.807) is 0 Å². The van der Waals surface area contributed by atoms with Gasteiger partial charge >= 0.3 is 12.0 Å². The summed E-state index contributed by atoms with van der Waals surface area (Å²) >= 11 is 5.72. The molecule has 0 bridgehead atoms. The Labute approximate surface area is 154 Å². The Morgan fingerprint density at radius 1 is 1.35 bits per heavy atom. The molecule has 1 aromatic carbocycles. The lowest BCUT2D eigenvalue weighted by molar-refractivity contribution is 0.122. The summed E-state index contributed by atoms with van der Waals surface area (Å²) in [5.41, 5.74) is 0.773. The Hall–Kier alpha value is -2.65. The molecule has 2 heterocycles. The lowest BCUT2D eigenvalue weighted by Crippen LogP contribution is -2.37. The topological polar surface area (TPSA) is 88.6 Å². The van der Waals surface area contributed by atoms with Gasteiger partial charge in [0.15, 0.2) is 5.82 Å². The third-order valence-corrected chi connectivity index (χ3v) is 3.96. The van der Waals surface area contributed by atoms with E-state index in [-0.39, 0.29) is 11.0 Å². The van der Waals surface area contributed by atoms with Crippen molar-refractivity contribution in [2.45, 2.75) is 0 Å². The van der Waals surface area contributed by atoms with E-state index in [0.717, 1.165) is 0 Å². The van der Waals surface area contributed by atoms with Crippen LogP contribution in [-0.4, -0.2) is 49.4 Å². The molecule has 0 saturated carbocycles. The van der Waals surface area contributed by atoms with Crippen LogP contribution < -0.4 is 20.3 Å². The predicted molar refractivity (Wildman–Crippen MR) is 95.7 cm³/mol. The SMILES string of the molecule is COc1ncc(NC(=O)Nc2ccc(F)c(Cl)c2)c(N2CCOCC2)n1. The van der Waals surface area contributed by atoms with Gasteiger partial charge in [0.05, 0.1) is 31.5 Å². The first kappa shape index (κ1) is 18.2. The zero-order valence-corrected chi connectivity index (χ0v) is 14.7. The van der Waals surface area contributed by atoms with Crippen LogP contribution in [0.3, 0.4) is 0 Å². The third-order valence-electron chi connectivity index (χ3n) is 3.67. The maximum absolute atomic E-state index is 13.2. The second-order valence-electron chi connectivity index (χ2n) is 5.40. The fourth-order valence-corrected chi connectivity index (χ4v) is 2.60. The number of halogens is 2. The quantitative estimate of drug-likeness (QED) is 0.846. The predicted octanol–water partition coefficient (Wildman–Crippen LogP) is 2.76. The number of nitrogens with zero attached hydrogens (tertiary/aromatic N) is 3. The molecule has 8 nitrogen and oxygen atoms in total. The van der Waals surface area contributed by atoms with Crippen molar-refractivity contribution in [1.82, 2.24) is 9.97 Å². The van der Waals surface area contributed by atoms with Crippen molar-refractivity contribution in [2.75, 3.05) is 48.9 Å². The normalized spacial score (nSPS) is 14.0. The molecule has 0 spiro atoms. The molecule has 138 valence electrons. The molecule has 2 amide bonds. The van der Waals surface area contributed by atoms with Gasteiger partial charge in [-0.1, -0.05) is 11.6 Å². The van der Waals surface area contributed by atoms with E-state index in [2.05, 4.69) is 20.6 Å². The lowest BCUT2D eigenvalue weighted by Gasteiger charge is -2.29. The molecule has 1 aromatic heterocycles. The first-order valence-electron chi connectivity index (χ1n) is 7.83. The molecule has 0 aliphatic carbocycles. The van der Waals surface area contributed by atoms with Crippen LogP contribution in [0.25, 0.3) is 0 Å². The second kappa shape index (κ2) is 8.15. The molecule has 3 rings (SSSR count). The number of morpholine rings is 1. The minimum absolute atomic E-state index is 0.0791. The van der Waals surface area contributed by atoms with E-state index >= 15 is 0 Å². The molecule has 2 aromatic rings. The van der Waals surface area contributed by atoms with Gasteiger partial charge in [0, 0.05) is 18.8 Å². The Morgan fingerprint density at radius 2 is 2.12 bits per heavy atom. The first-order chi connectivity index (χ1) is 12.6. The van der Waals surface area contributed by atoms with Crippen molar-refractivity contribution in [3.63, 3.8) is 0 Å². The van der Waals surface area contributed by atoms with Gasteiger partial charge < -0.3 is 25.0 Å². The van der Waals surface area contributed by atoms with Crippen molar-refractivity contribution in [2.24, 2.45) is 0 Å². The summed E-state index contributed by atoms with van der Waals surface area (Å²) in [6.07, 6.45) is 1.47. The Kier molecular flexibility index (Phi) is 5.69. The van der Waals surface area contributed by atoms with E-state index in [9.17, 15) is 9.18 Å². The minimum atomic E-state index is -0.559. The summed E-state index contributed by atoms with van der Waals surface area (Å²) in [6, 6.07) is 3.57. The Balaban J connectivity index is 1.77. The van der Waals surface area contributed by atoms with Crippen molar-refractivity contribution in [3.8, 4) is 6.01 Å². The molecule has 0 atom stereocenters. The van der Waals surface area contributed by atoms with Crippen LogP contribution in [0.4, 0.5) is 26.4 Å². The van der Waals surface area contributed by atoms with Crippen LogP contribution >= 0.6 is 11.6 Å². The van der Waals surface area contributed by atoms with Gasteiger partial charge in [0.25, 0.3) is 0 Å². The zero-order valence-electron chi connectivity index (χ0n) is 14.0. The van der Waals surface area contributed by atoms with Gasteiger partial charge in [-0.05, 0) is 18.2 Å². The monoisotopic (exact) mass is 381 g/mol. The van der Waals surface area contributed by atoms with Gasteiger partial charge in [-0.25, -0.2) is 14.2 Å². The van der Waals surface area contributed by atoms with Gasteiger partial charge in [-0.3, -0.25) is 0 Å². The van der Waals surface area contributed by atoms with Crippen LogP contribution in [0, 0.1) is 5.82 Å². The standard InChI is InChI=1S/C16H17ClFN5O3/c1-25-16-19-9-13(14(22-16)23-4-6-26-7-5-23)21-15(24)20-10-2-3-12(18)11(17)8-10/h2-3,8-9H,4-7H2,1H3,(H2,20,21,24). The van der Waals surface area contributed by atoms with E-state index in [1.165, 1.54) is 31.5 Å². The van der Waals surface area contributed by atoms with Crippen LogP contribution in [0.5, 0.6) is 6.01 Å². The maximum atomic E-state index is 13.2. The third kappa shape index (κ3) is 4.30. The highest BCUT2D eigenvalue weighted by molar-refractivity contribution is 6.31. The van der Waals surface area contributed by atoms with Crippen LogP contribution in [0.1, 0.15) is 0 Å². The zero-order chi connectivity index (χ0) is 18.5. The van der Waals surface area contributed by atoms with Crippen LogP contribution in [0.2, 0.25) is 5.02 Å². The smallest absolute Gasteiger partial charge is 0.323 e. The van der Waals surface area contributed by atoms with Gasteiger partial charge in [0.1, 0.15) is 11.5 Å². The Morgan fingerprint density at radius 3 is 2.81 bits per heavy atom. The average Bonchev–Trinajstić information content (AvgIpc) is 2.66.